The van der Waals surface area contributed by atoms with Crippen molar-refractivity contribution in [1.82, 2.24) is 0 Å². The molecule has 0 amide bonds. The van der Waals surface area contributed by atoms with Gasteiger partial charge in [0.05, 0.1) is 16.9 Å². The topological polar surface area (TPSA) is 37.3 Å². The summed E-state index contributed by atoms with van der Waals surface area (Å²) in [6, 6.07) is 7.24. The highest BCUT2D eigenvalue weighted by Gasteiger charge is 1.99. The van der Waals surface area contributed by atoms with Gasteiger partial charge in [0, 0.05) is 14.8 Å². The van der Waals surface area contributed by atoms with Crippen molar-refractivity contribution in [3.8, 4) is 0 Å². The summed E-state index contributed by atoms with van der Waals surface area (Å²) in [7, 11) is -1.17. The summed E-state index contributed by atoms with van der Waals surface area (Å²) in [5.74, 6) is 0. The molecule has 0 saturated heterocycles. The van der Waals surface area contributed by atoms with E-state index in [2.05, 4.69) is 15.9 Å². The van der Waals surface area contributed by atoms with E-state index in [-0.39, 0.29) is 0 Å². The molecule has 0 saturated carbocycles. The number of halogens is 1. The highest BCUT2D eigenvalue weighted by atomic mass is 79.9. The van der Waals surface area contributed by atoms with Crippen LogP contribution in [0.5, 0.6) is 0 Å². The average molecular weight is 275 g/mol. The zero-order valence-electron chi connectivity index (χ0n) is 7.68. The number of aliphatic hydroxyl groups excluding tert-OH is 1. The second kappa shape index (κ2) is 5.44. The van der Waals surface area contributed by atoms with E-state index in [9.17, 15) is 4.21 Å². The van der Waals surface area contributed by atoms with Crippen LogP contribution >= 0.6 is 15.9 Å². The molecule has 0 aliphatic heterocycles. The lowest BCUT2D eigenvalue weighted by atomic mass is 10.4. The molecule has 0 bridgehead atoms. The number of benzene rings is 1. The third-order valence-electron chi connectivity index (χ3n) is 1.53. The van der Waals surface area contributed by atoms with Crippen LogP contribution in [-0.4, -0.2) is 15.4 Å². The monoisotopic (exact) mass is 274 g/mol. The van der Waals surface area contributed by atoms with Gasteiger partial charge in [0.2, 0.25) is 0 Å². The van der Waals surface area contributed by atoms with Crippen LogP contribution in [0.1, 0.15) is 6.92 Å². The molecule has 0 aliphatic rings. The fourth-order valence-electron chi connectivity index (χ4n) is 0.832. The predicted molar refractivity (Wildman–Crippen MR) is 61.4 cm³/mol. The van der Waals surface area contributed by atoms with E-state index in [0.29, 0.717) is 0 Å². The molecule has 1 aromatic rings. The fraction of sp³-hybridized carbons (Fsp3) is 0.200. The molecule has 14 heavy (non-hydrogen) atoms. The maximum atomic E-state index is 11.6. The Kier molecular flexibility index (Phi) is 4.51. The van der Waals surface area contributed by atoms with Crippen molar-refractivity contribution >= 4 is 26.7 Å². The van der Waals surface area contributed by atoms with Crippen LogP contribution in [0.25, 0.3) is 0 Å². The molecule has 0 aliphatic carbocycles. The summed E-state index contributed by atoms with van der Waals surface area (Å²) in [5, 5.41) is 10.5. The number of hydrogen-bond acceptors (Lipinski definition) is 2. The fourth-order valence-corrected chi connectivity index (χ4v) is 2.03. The van der Waals surface area contributed by atoms with Crippen LogP contribution in [0.2, 0.25) is 0 Å². The Labute approximate surface area is 94.2 Å². The normalized spacial score (nSPS) is 15.6. The van der Waals surface area contributed by atoms with Crippen LogP contribution in [0.4, 0.5) is 0 Å². The molecule has 4 heteroatoms. The third kappa shape index (κ3) is 3.74. The van der Waals surface area contributed by atoms with Crippen molar-refractivity contribution < 1.29 is 9.32 Å². The van der Waals surface area contributed by atoms with Gasteiger partial charge in [-0.1, -0.05) is 15.9 Å². The van der Waals surface area contributed by atoms with Crippen LogP contribution in [0, 0.1) is 0 Å². The first-order valence-electron chi connectivity index (χ1n) is 4.12. The van der Waals surface area contributed by atoms with Gasteiger partial charge < -0.3 is 5.11 Å². The van der Waals surface area contributed by atoms with Gasteiger partial charge in [-0.15, -0.1) is 0 Å². The molecule has 0 spiro atoms. The smallest absolute Gasteiger partial charge is 0.0773 e. The predicted octanol–water partition coefficient (Wildman–Crippen LogP) is 2.45. The Morgan fingerprint density at radius 1 is 1.43 bits per heavy atom. The molecular formula is C10H11BrO2S. The summed E-state index contributed by atoms with van der Waals surface area (Å²) < 4.78 is 12.5. The van der Waals surface area contributed by atoms with Crippen molar-refractivity contribution in [3.05, 3.63) is 40.2 Å². The molecule has 1 N–H and O–H groups in total. The first-order chi connectivity index (χ1) is 6.59. The van der Waals surface area contributed by atoms with Crippen molar-refractivity contribution in [2.24, 2.45) is 0 Å². The number of hydrogen-bond donors (Lipinski definition) is 1. The molecule has 0 radical (unpaired) electrons. The first-order valence-corrected chi connectivity index (χ1v) is 6.13. The van der Waals surface area contributed by atoms with E-state index in [1.807, 2.05) is 12.1 Å². The molecule has 1 rings (SSSR count). The van der Waals surface area contributed by atoms with Gasteiger partial charge in [-0.25, -0.2) is 4.21 Å². The summed E-state index contributed by atoms with van der Waals surface area (Å²) in [4.78, 5) is 0.727. The zero-order valence-corrected chi connectivity index (χ0v) is 10.1. The second-order valence-corrected chi connectivity index (χ2v) is 5.07. The van der Waals surface area contributed by atoms with Gasteiger partial charge in [0.1, 0.15) is 0 Å². The summed E-state index contributed by atoms with van der Waals surface area (Å²) >= 11 is 3.30. The summed E-state index contributed by atoms with van der Waals surface area (Å²) in [5.41, 5.74) is 0. The van der Waals surface area contributed by atoms with Crippen molar-refractivity contribution in [3.63, 3.8) is 0 Å². The minimum absolute atomic E-state index is 0.561. The lowest BCUT2D eigenvalue weighted by molar-refractivity contribution is 0.244. The van der Waals surface area contributed by atoms with E-state index < -0.39 is 16.9 Å². The number of rotatable bonds is 3. The van der Waals surface area contributed by atoms with Crippen LogP contribution in [0.15, 0.2) is 45.1 Å². The Hall–Kier alpha value is -0.450. The maximum absolute atomic E-state index is 11.6. The Bertz CT molecular complexity index is 344. The molecule has 2 atom stereocenters. The molecule has 76 valence electrons. The number of aliphatic hydroxyl groups is 1. The summed E-state index contributed by atoms with van der Waals surface area (Å²) in [6.45, 7) is 1.62. The van der Waals surface area contributed by atoms with Crippen molar-refractivity contribution in [2.75, 3.05) is 0 Å². The van der Waals surface area contributed by atoms with Gasteiger partial charge in [0.25, 0.3) is 0 Å². The first kappa shape index (κ1) is 11.6. The van der Waals surface area contributed by atoms with E-state index in [1.165, 1.54) is 11.5 Å². The van der Waals surface area contributed by atoms with Gasteiger partial charge >= 0.3 is 0 Å². The van der Waals surface area contributed by atoms with Gasteiger partial charge in [-0.3, -0.25) is 0 Å². The lowest BCUT2D eigenvalue weighted by Crippen LogP contribution is -1.94. The third-order valence-corrected chi connectivity index (χ3v) is 3.20. The van der Waals surface area contributed by atoms with Gasteiger partial charge in [0.15, 0.2) is 0 Å². The molecule has 0 aromatic heterocycles. The minimum atomic E-state index is -1.17. The second-order valence-electron chi connectivity index (χ2n) is 2.82. The van der Waals surface area contributed by atoms with Crippen LogP contribution < -0.4 is 0 Å². The Morgan fingerprint density at radius 2 is 2.00 bits per heavy atom. The minimum Gasteiger partial charge on any atom is -0.389 e. The molecule has 2 unspecified atom stereocenters. The van der Waals surface area contributed by atoms with Crippen molar-refractivity contribution in [1.29, 1.82) is 0 Å². The Morgan fingerprint density at radius 3 is 2.50 bits per heavy atom. The molecule has 2 nitrogen and oxygen atoms in total. The largest absolute Gasteiger partial charge is 0.389 e. The van der Waals surface area contributed by atoms with Crippen LogP contribution in [-0.2, 0) is 10.8 Å². The van der Waals surface area contributed by atoms with E-state index in [0.717, 1.165) is 9.37 Å². The maximum Gasteiger partial charge on any atom is 0.0773 e. The Balaban J connectivity index is 2.75. The zero-order chi connectivity index (χ0) is 10.6. The lowest BCUT2D eigenvalue weighted by Gasteiger charge is -1.97. The van der Waals surface area contributed by atoms with Crippen molar-refractivity contribution in [2.45, 2.75) is 17.9 Å². The van der Waals surface area contributed by atoms with E-state index in [1.54, 1.807) is 19.1 Å². The van der Waals surface area contributed by atoms with Gasteiger partial charge in [-0.2, -0.15) is 0 Å². The standard InChI is InChI=1S/C10H11BrO2S/c1-8(12)6-7-14(13)10-4-2-9(11)3-5-10/h2-8,12H,1H3/b7-6-. The molecular weight excluding hydrogens is 264 g/mol. The van der Waals surface area contributed by atoms with E-state index in [4.69, 9.17) is 5.11 Å². The molecule has 0 heterocycles. The van der Waals surface area contributed by atoms with Crippen LogP contribution in [0.3, 0.4) is 0 Å². The molecule has 0 fully saturated rings. The SMILES string of the molecule is CC(O)/C=C\S(=O)c1ccc(Br)cc1. The quantitative estimate of drug-likeness (QED) is 0.920. The average Bonchev–Trinajstić information content (AvgIpc) is 2.15. The summed E-state index contributed by atoms with van der Waals surface area (Å²) in [6.07, 6.45) is 0.951. The molecule has 1 aromatic carbocycles. The van der Waals surface area contributed by atoms with Gasteiger partial charge in [-0.05, 0) is 37.3 Å². The highest BCUT2D eigenvalue weighted by Crippen LogP contribution is 2.13. The van der Waals surface area contributed by atoms with E-state index >= 15 is 0 Å². The highest BCUT2D eigenvalue weighted by molar-refractivity contribution is 9.10.